The van der Waals surface area contributed by atoms with Gasteiger partial charge in [-0.15, -0.1) is 0 Å². The third kappa shape index (κ3) is 3.10. The lowest BCUT2D eigenvalue weighted by Gasteiger charge is -2.44. The van der Waals surface area contributed by atoms with Crippen molar-refractivity contribution in [3.8, 4) is 0 Å². The summed E-state index contributed by atoms with van der Waals surface area (Å²) in [5.74, 6) is 0. The Bertz CT molecular complexity index is 219. The zero-order valence-electron chi connectivity index (χ0n) is 12.4. The highest BCUT2D eigenvalue weighted by Crippen LogP contribution is 2.45. The van der Waals surface area contributed by atoms with Crippen molar-refractivity contribution in [2.45, 2.75) is 88.8 Å². The van der Waals surface area contributed by atoms with Crippen molar-refractivity contribution < 1.29 is 4.43 Å². The minimum atomic E-state index is -1.68. The van der Waals surface area contributed by atoms with Crippen LogP contribution in [0.3, 0.4) is 0 Å². The molecule has 0 N–H and O–H groups in total. The first kappa shape index (κ1) is 15.6. The maximum absolute atomic E-state index is 6.76. The second kappa shape index (κ2) is 6.11. The fourth-order valence-corrected chi connectivity index (χ4v) is 9.84. The molecule has 0 radical (unpaired) electrons. The SMILES string of the molecule is CC(C)[Si](O[C@@H]1CCC[C@H]1S)(C(C)C)C(C)C. The van der Waals surface area contributed by atoms with Gasteiger partial charge in [0.25, 0.3) is 0 Å². The maximum atomic E-state index is 6.76. The summed E-state index contributed by atoms with van der Waals surface area (Å²) in [4.78, 5) is 0. The van der Waals surface area contributed by atoms with E-state index in [4.69, 9.17) is 17.1 Å². The van der Waals surface area contributed by atoms with Crippen LogP contribution in [-0.4, -0.2) is 19.7 Å². The van der Waals surface area contributed by atoms with E-state index in [1.165, 1.54) is 19.3 Å². The van der Waals surface area contributed by atoms with Gasteiger partial charge in [0.2, 0.25) is 8.32 Å². The van der Waals surface area contributed by atoms with E-state index in [1.807, 2.05) is 0 Å². The van der Waals surface area contributed by atoms with Gasteiger partial charge >= 0.3 is 0 Å². The minimum absolute atomic E-state index is 0.414. The van der Waals surface area contributed by atoms with Gasteiger partial charge in [0.05, 0.1) is 6.10 Å². The molecule has 1 aliphatic carbocycles. The molecule has 1 rings (SSSR count). The molecule has 17 heavy (non-hydrogen) atoms. The average molecular weight is 275 g/mol. The van der Waals surface area contributed by atoms with Crippen molar-refractivity contribution in [1.82, 2.24) is 0 Å². The van der Waals surface area contributed by atoms with Gasteiger partial charge in [-0.3, -0.25) is 0 Å². The summed E-state index contributed by atoms with van der Waals surface area (Å²) in [5.41, 5.74) is 2.05. The fraction of sp³-hybridized carbons (Fsp3) is 1.00. The highest BCUT2D eigenvalue weighted by Gasteiger charge is 2.47. The number of rotatable bonds is 5. The minimum Gasteiger partial charge on any atom is -0.412 e. The molecule has 1 fully saturated rings. The Labute approximate surface area is 114 Å². The van der Waals surface area contributed by atoms with Crippen LogP contribution in [0.25, 0.3) is 0 Å². The van der Waals surface area contributed by atoms with Gasteiger partial charge in [-0.2, -0.15) is 12.6 Å². The highest BCUT2D eigenvalue weighted by molar-refractivity contribution is 7.81. The zero-order chi connectivity index (χ0) is 13.2. The molecular formula is C14H30OSSi. The van der Waals surface area contributed by atoms with Crippen LogP contribution in [0.5, 0.6) is 0 Å². The largest absolute Gasteiger partial charge is 0.412 e. The Hall–Kier alpha value is 0.527. The number of hydrogen-bond donors (Lipinski definition) is 1. The average Bonchev–Trinajstić information content (AvgIpc) is 2.58. The quantitative estimate of drug-likeness (QED) is 0.546. The second-order valence-electron chi connectivity index (χ2n) is 6.47. The van der Waals surface area contributed by atoms with Crippen LogP contribution < -0.4 is 0 Å². The molecule has 0 unspecified atom stereocenters. The van der Waals surface area contributed by atoms with E-state index < -0.39 is 8.32 Å². The number of thiol groups is 1. The molecule has 0 aromatic carbocycles. The summed E-state index contributed by atoms with van der Waals surface area (Å²) in [6.07, 6.45) is 4.15. The lowest BCUT2D eigenvalue weighted by Crippen LogP contribution is -2.51. The van der Waals surface area contributed by atoms with E-state index in [-0.39, 0.29) is 0 Å². The molecule has 2 atom stereocenters. The summed E-state index contributed by atoms with van der Waals surface area (Å²) in [6, 6.07) is 0. The molecule has 0 aliphatic heterocycles. The summed E-state index contributed by atoms with van der Waals surface area (Å²) in [7, 11) is -1.68. The van der Waals surface area contributed by atoms with Crippen LogP contribution in [0.2, 0.25) is 16.6 Å². The van der Waals surface area contributed by atoms with Gasteiger partial charge in [0.15, 0.2) is 0 Å². The maximum Gasteiger partial charge on any atom is 0.200 e. The molecule has 1 nitrogen and oxygen atoms in total. The molecule has 1 aliphatic rings. The molecule has 0 saturated heterocycles. The summed E-state index contributed by atoms with van der Waals surface area (Å²) >= 11 is 4.70. The van der Waals surface area contributed by atoms with Gasteiger partial charge in [-0.05, 0) is 35.9 Å². The third-order valence-corrected chi connectivity index (χ3v) is 11.2. The van der Waals surface area contributed by atoms with Gasteiger partial charge in [-0.1, -0.05) is 41.5 Å². The zero-order valence-corrected chi connectivity index (χ0v) is 14.3. The second-order valence-corrected chi connectivity index (χ2v) is 12.5. The monoisotopic (exact) mass is 274 g/mol. The van der Waals surface area contributed by atoms with Gasteiger partial charge in [0.1, 0.15) is 0 Å². The Morgan fingerprint density at radius 3 is 1.71 bits per heavy atom. The lowest BCUT2D eigenvalue weighted by atomic mass is 10.3. The Morgan fingerprint density at radius 2 is 1.41 bits per heavy atom. The first-order chi connectivity index (χ1) is 7.82. The van der Waals surface area contributed by atoms with Crippen molar-refractivity contribution in [3.63, 3.8) is 0 Å². The van der Waals surface area contributed by atoms with E-state index in [1.54, 1.807) is 0 Å². The van der Waals surface area contributed by atoms with E-state index >= 15 is 0 Å². The first-order valence-corrected chi connectivity index (χ1v) is 9.83. The van der Waals surface area contributed by atoms with Crippen molar-refractivity contribution >= 4 is 20.9 Å². The first-order valence-electron chi connectivity index (χ1n) is 7.18. The third-order valence-electron chi connectivity index (χ3n) is 4.48. The van der Waals surface area contributed by atoms with E-state index in [2.05, 4.69) is 41.5 Å². The molecule has 0 amide bonds. The van der Waals surface area contributed by atoms with Crippen LogP contribution in [0.15, 0.2) is 0 Å². The molecule has 0 aromatic rings. The lowest BCUT2D eigenvalue weighted by molar-refractivity contribution is 0.185. The normalized spacial score (nSPS) is 26.5. The highest BCUT2D eigenvalue weighted by atomic mass is 32.1. The summed E-state index contributed by atoms with van der Waals surface area (Å²) < 4.78 is 6.76. The predicted molar refractivity (Wildman–Crippen MR) is 82.5 cm³/mol. The van der Waals surface area contributed by atoms with Crippen LogP contribution in [0, 0.1) is 0 Å². The number of hydrogen-bond acceptors (Lipinski definition) is 2. The smallest absolute Gasteiger partial charge is 0.200 e. The molecule has 0 bridgehead atoms. The molecule has 0 aromatic heterocycles. The Morgan fingerprint density at radius 1 is 0.941 bits per heavy atom. The fourth-order valence-electron chi connectivity index (χ4n) is 3.71. The van der Waals surface area contributed by atoms with E-state index in [0.717, 1.165) is 0 Å². The van der Waals surface area contributed by atoms with Crippen LogP contribution >= 0.6 is 12.6 Å². The van der Waals surface area contributed by atoms with Crippen LogP contribution in [0.1, 0.15) is 60.8 Å². The Kier molecular flexibility index (Phi) is 5.61. The predicted octanol–water partition coefficient (Wildman–Crippen LogP) is 5.03. The molecule has 0 spiro atoms. The topological polar surface area (TPSA) is 9.23 Å². The van der Waals surface area contributed by atoms with Gasteiger partial charge in [-0.25, -0.2) is 0 Å². The summed E-state index contributed by atoms with van der Waals surface area (Å²) in [5, 5.41) is 0.470. The molecule has 102 valence electrons. The molecule has 0 heterocycles. The van der Waals surface area contributed by atoms with Gasteiger partial charge < -0.3 is 4.43 Å². The van der Waals surface area contributed by atoms with Crippen molar-refractivity contribution in [3.05, 3.63) is 0 Å². The molecular weight excluding hydrogens is 244 g/mol. The molecule has 3 heteroatoms. The van der Waals surface area contributed by atoms with E-state index in [0.29, 0.717) is 28.0 Å². The van der Waals surface area contributed by atoms with Crippen LogP contribution in [0.4, 0.5) is 0 Å². The summed E-state index contributed by atoms with van der Waals surface area (Å²) in [6.45, 7) is 14.1. The van der Waals surface area contributed by atoms with Crippen LogP contribution in [-0.2, 0) is 4.43 Å². The standard InChI is InChI=1S/C14H30OSSi/c1-10(2)17(11(3)4,12(5)6)15-13-8-7-9-14(13)16/h10-14,16H,7-9H2,1-6H3/t13-,14-/m1/s1. The van der Waals surface area contributed by atoms with E-state index in [9.17, 15) is 0 Å². The van der Waals surface area contributed by atoms with Gasteiger partial charge in [0, 0.05) is 5.25 Å². The molecule has 1 saturated carbocycles. The Balaban J connectivity index is 2.89. The van der Waals surface area contributed by atoms with Crippen molar-refractivity contribution in [2.24, 2.45) is 0 Å². The van der Waals surface area contributed by atoms with Crippen molar-refractivity contribution in [1.29, 1.82) is 0 Å². The van der Waals surface area contributed by atoms with Crippen molar-refractivity contribution in [2.75, 3.05) is 0 Å².